The zero-order valence-electron chi connectivity index (χ0n) is 21.1. The van der Waals surface area contributed by atoms with Crippen LogP contribution in [0.15, 0.2) is 35.2 Å². The van der Waals surface area contributed by atoms with E-state index in [1.54, 1.807) is 0 Å². The second-order valence-electron chi connectivity index (χ2n) is 10.3. The molecule has 2 aromatic carbocycles. The minimum Gasteiger partial charge on any atom is -0.394 e. The van der Waals surface area contributed by atoms with Crippen LogP contribution in [0.5, 0.6) is 0 Å². The lowest BCUT2D eigenvalue weighted by atomic mass is 9.75. The topological polar surface area (TPSA) is 153 Å². The Bertz CT molecular complexity index is 1340. The summed E-state index contributed by atoms with van der Waals surface area (Å²) >= 11 is 6.22. The van der Waals surface area contributed by atoms with Crippen LogP contribution in [-0.2, 0) is 14.6 Å². The Labute approximate surface area is 233 Å². The molecule has 4 rings (SSSR count). The van der Waals surface area contributed by atoms with Crippen molar-refractivity contribution in [3.05, 3.63) is 58.4 Å². The van der Waals surface area contributed by atoms with Crippen molar-refractivity contribution in [3.8, 4) is 0 Å². The number of anilines is 1. The second kappa shape index (κ2) is 11.9. The van der Waals surface area contributed by atoms with Gasteiger partial charge in [-0.05, 0) is 55.7 Å². The van der Waals surface area contributed by atoms with E-state index in [4.69, 9.17) is 21.4 Å². The third kappa shape index (κ3) is 6.01. The summed E-state index contributed by atoms with van der Waals surface area (Å²) in [5.41, 5.74) is -1.88. The van der Waals surface area contributed by atoms with Gasteiger partial charge in [0.1, 0.15) is 12.2 Å². The molecule has 4 atom stereocenters. The van der Waals surface area contributed by atoms with Crippen molar-refractivity contribution in [2.45, 2.75) is 53.6 Å². The lowest BCUT2D eigenvalue weighted by Crippen LogP contribution is -2.51. The SMILES string of the molecule is O=C(Nc1cc(F)c(F)c(F)c1)c1ccc(Cl)c(S(=O)(=O)[C@H]2CC3CCC(C2)[C@]3(O)COC[C@H](O)C(O)CO)c1. The number of hydrogen-bond donors (Lipinski definition) is 5. The number of hydrogen-bond acceptors (Lipinski definition) is 8. The quantitative estimate of drug-likeness (QED) is 0.258. The number of aliphatic hydroxyl groups excluding tert-OH is 3. The Morgan fingerprint density at radius 2 is 1.68 bits per heavy atom. The summed E-state index contributed by atoms with van der Waals surface area (Å²) in [5.74, 6) is -6.51. The van der Waals surface area contributed by atoms with E-state index >= 15 is 0 Å². The van der Waals surface area contributed by atoms with Crippen molar-refractivity contribution in [2.75, 3.05) is 25.1 Å². The van der Waals surface area contributed by atoms with Crippen LogP contribution in [0.1, 0.15) is 36.0 Å². The molecule has 14 heteroatoms. The molecule has 0 heterocycles. The minimum absolute atomic E-state index is 0.0847. The number of carbonyl (C=O) groups excluding carboxylic acids is 1. The molecule has 5 N–H and O–H groups in total. The number of nitrogens with one attached hydrogen (secondary N) is 1. The van der Waals surface area contributed by atoms with Gasteiger partial charge in [-0.25, -0.2) is 21.6 Å². The molecule has 0 radical (unpaired) electrons. The number of rotatable bonds is 10. The highest BCUT2D eigenvalue weighted by atomic mass is 35.5. The first-order chi connectivity index (χ1) is 18.8. The van der Waals surface area contributed by atoms with Gasteiger partial charge in [0.05, 0.1) is 40.6 Å². The maximum atomic E-state index is 13.7. The van der Waals surface area contributed by atoms with Crippen molar-refractivity contribution < 1.29 is 51.5 Å². The minimum atomic E-state index is -4.10. The van der Waals surface area contributed by atoms with Crippen LogP contribution in [0.25, 0.3) is 0 Å². The van der Waals surface area contributed by atoms with Gasteiger partial charge in [-0.3, -0.25) is 4.79 Å². The molecule has 2 aromatic rings. The summed E-state index contributed by atoms with van der Waals surface area (Å²) < 4.78 is 73.0. The van der Waals surface area contributed by atoms with Gasteiger partial charge in [0.25, 0.3) is 5.91 Å². The number of fused-ring (bicyclic) bond motifs is 2. The molecular formula is C26H29ClF3NO8S. The molecule has 2 aliphatic rings. The zero-order valence-corrected chi connectivity index (χ0v) is 22.6. The number of carbonyl (C=O) groups is 1. The largest absolute Gasteiger partial charge is 0.394 e. The van der Waals surface area contributed by atoms with Crippen LogP contribution in [-0.4, -0.2) is 77.6 Å². The van der Waals surface area contributed by atoms with Crippen LogP contribution < -0.4 is 5.32 Å². The number of halogens is 4. The van der Waals surface area contributed by atoms with Gasteiger partial charge in [-0.2, -0.15) is 0 Å². The fraction of sp³-hybridized carbons (Fsp3) is 0.500. The standard InChI is InChI=1S/C26H29ClF3NO8S/c27-18-4-1-13(25(35)31-16-8-19(28)24(30)20(29)9-16)5-23(18)40(37,38)17-6-14-2-3-15(7-17)26(14,36)12-39-11-22(34)21(33)10-32/h1,4-5,8-9,14-15,17,21-22,32-34,36H,2-3,6-7,10-12H2,(H,31,35)/t14?,15?,17-,21?,22-,26-/m0/s1. The van der Waals surface area contributed by atoms with Gasteiger partial charge in [0.2, 0.25) is 0 Å². The molecule has 0 aliphatic heterocycles. The van der Waals surface area contributed by atoms with Gasteiger partial charge >= 0.3 is 0 Å². The van der Waals surface area contributed by atoms with Crippen LogP contribution in [0.4, 0.5) is 18.9 Å². The van der Waals surface area contributed by atoms with Crippen LogP contribution in [0.3, 0.4) is 0 Å². The maximum Gasteiger partial charge on any atom is 0.255 e. The Kier molecular flexibility index (Phi) is 9.15. The van der Waals surface area contributed by atoms with Gasteiger partial charge in [0.15, 0.2) is 27.3 Å². The molecule has 2 aliphatic carbocycles. The molecule has 9 nitrogen and oxygen atoms in total. The molecule has 0 aromatic heterocycles. The van der Waals surface area contributed by atoms with E-state index < -0.39 is 74.7 Å². The van der Waals surface area contributed by atoms with Crippen LogP contribution >= 0.6 is 11.6 Å². The molecular weight excluding hydrogens is 579 g/mol. The smallest absolute Gasteiger partial charge is 0.255 e. The molecule has 0 saturated heterocycles. The summed E-state index contributed by atoms with van der Waals surface area (Å²) in [6.45, 7) is -1.17. The van der Waals surface area contributed by atoms with E-state index in [0.717, 1.165) is 6.07 Å². The Morgan fingerprint density at radius 3 is 2.25 bits per heavy atom. The van der Waals surface area contributed by atoms with E-state index in [1.807, 2.05) is 0 Å². The average Bonchev–Trinajstić information content (AvgIpc) is 3.06. The number of aliphatic hydroxyl groups is 4. The molecule has 220 valence electrons. The molecule has 40 heavy (non-hydrogen) atoms. The first kappa shape index (κ1) is 30.7. The van der Waals surface area contributed by atoms with Crippen molar-refractivity contribution in [2.24, 2.45) is 11.8 Å². The van der Waals surface area contributed by atoms with Gasteiger partial charge in [-0.1, -0.05) is 11.6 Å². The van der Waals surface area contributed by atoms with Crippen molar-refractivity contribution in [1.82, 2.24) is 0 Å². The molecule has 2 saturated carbocycles. The van der Waals surface area contributed by atoms with E-state index in [9.17, 15) is 41.7 Å². The van der Waals surface area contributed by atoms with E-state index in [1.165, 1.54) is 12.1 Å². The predicted molar refractivity (Wildman–Crippen MR) is 137 cm³/mol. The summed E-state index contributed by atoms with van der Waals surface area (Å²) in [5, 5.41) is 40.6. The first-order valence-electron chi connectivity index (χ1n) is 12.5. The van der Waals surface area contributed by atoms with E-state index in [2.05, 4.69) is 5.32 Å². The van der Waals surface area contributed by atoms with E-state index in [0.29, 0.717) is 25.0 Å². The highest BCUT2D eigenvalue weighted by molar-refractivity contribution is 7.92. The van der Waals surface area contributed by atoms with Gasteiger partial charge in [-0.15, -0.1) is 0 Å². The fourth-order valence-electron chi connectivity index (χ4n) is 5.55. The second-order valence-corrected chi connectivity index (χ2v) is 12.9. The lowest BCUT2D eigenvalue weighted by molar-refractivity contribution is -0.133. The molecule has 2 fully saturated rings. The normalized spacial score (nSPS) is 25.9. The molecule has 0 spiro atoms. The highest BCUT2D eigenvalue weighted by Crippen LogP contribution is 2.52. The number of sulfone groups is 1. The predicted octanol–water partition coefficient (Wildman–Crippen LogP) is 2.43. The molecule has 3 unspecified atom stereocenters. The first-order valence-corrected chi connectivity index (χ1v) is 14.5. The summed E-state index contributed by atoms with van der Waals surface area (Å²) in [7, 11) is -4.10. The van der Waals surface area contributed by atoms with Crippen LogP contribution in [0, 0.1) is 29.3 Å². The maximum absolute atomic E-state index is 13.7. The number of benzene rings is 2. The highest BCUT2D eigenvalue weighted by Gasteiger charge is 2.56. The van der Waals surface area contributed by atoms with Crippen LogP contribution in [0.2, 0.25) is 5.02 Å². The third-order valence-electron chi connectivity index (χ3n) is 7.81. The monoisotopic (exact) mass is 607 g/mol. The lowest BCUT2D eigenvalue weighted by Gasteiger charge is -2.42. The van der Waals surface area contributed by atoms with Crippen molar-refractivity contribution in [1.29, 1.82) is 0 Å². The van der Waals surface area contributed by atoms with E-state index in [-0.39, 0.29) is 47.2 Å². The number of ether oxygens (including phenoxy) is 1. The molecule has 2 bridgehead atoms. The zero-order chi connectivity index (χ0) is 29.4. The van der Waals surface area contributed by atoms with Gasteiger partial charge < -0.3 is 30.5 Å². The molecule has 1 amide bonds. The summed E-state index contributed by atoms with van der Waals surface area (Å²) in [6, 6.07) is 4.67. The Hall–Kier alpha value is -2.26. The fourth-order valence-corrected chi connectivity index (χ4v) is 7.95. The average molecular weight is 608 g/mol. The summed E-state index contributed by atoms with van der Waals surface area (Å²) in [6.07, 6.45) is -1.50. The third-order valence-corrected chi connectivity index (χ3v) is 10.5. The number of amides is 1. The summed E-state index contributed by atoms with van der Waals surface area (Å²) in [4.78, 5) is 12.4. The van der Waals surface area contributed by atoms with Gasteiger partial charge in [0, 0.05) is 23.4 Å². The van der Waals surface area contributed by atoms with Crippen molar-refractivity contribution in [3.63, 3.8) is 0 Å². The van der Waals surface area contributed by atoms with Crippen molar-refractivity contribution >= 4 is 33.0 Å². The Balaban J connectivity index is 1.49. The Morgan fingerprint density at radius 1 is 1.07 bits per heavy atom.